The summed E-state index contributed by atoms with van der Waals surface area (Å²) < 4.78 is 25.6. The fraction of sp³-hybridized carbons (Fsp3) is 0.308. The molecule has 0 saturated carbocycles. The molecule has 2 nitrogen and oxygen atoms in total. The van der Waals surface area contributed by atoms with Crippen LogP contribution in [-0.4, -0.2) is 24.0 Å². The first-order valence-corrected chi connectivity index (χ1v) is 6.51. The van der Waals surface area contributed by atoms with E-state index in [4.69, 9.17) is 0 Å². The second kappa shape index (κ2) is 4.02. The summed E-state index contributed by atoms with van der Waals surface area (Å²) in [5, 5.41) is 0.677. The van der Waals surface area contributed by atoms with Crippen molar-refractivity contribution in [3.63, 3.8) is 0 Å². The van der Waals surface area contributed by atoms with E-state index < -0.39 is 5.92 Å². The molecule has 0 bridgehead atoms. The van der Waals surface area contributed by atoms with E-state index in [1.165, 1.54) is 16.9 Å². The fourth-order valence-electron chi connectivity index (χ4n) is 1.91. The van der Waals surface area contributed by atoms with E-state index in [2.05, 4.69) is 4.98 Å². The number of nitrogens with zero attached hydrogens (tertiary/aromatic N) is 2. The van der Waals surface area contributed by atoms with E-state index in [0.717, 1.165) is 10.4 Å². The topological polar surface area (TPSA) is 16.1 Å². The molecule has 0 radical (unpaired) electrons. The van der Waals surface area contributed by atoms with Crippen molar-refractivity contribution in [1.29, 1.82) is 0 Å². The van der Waals surface area contributed by atoms with Crippen LogP contribution >= 0.6 is 11.3 Å². The standard InChI is InChI=1S/C13H12F2N2S/c1-9-2-4-10(5-3-9)11-6-16-12(18-11)17-7-13(14,15)8-17/h2-6H,7-8H2,1H3. The highest BCUT2D eigenvalue weighted by atomic mass is 32.1. The SMILES string of the molecule is Cc1ccc(-c2cnc(N3CC(F)(F)C3)s2)cc1. The second-order valence-corrected chi connectivity index (χ2v) is 5.59. The molecule has 2 heterocycles. The third-order valence-corrected chi connectivity index (χ3v) is 4.05. The summed E-state index contributed by atoms with van der Waals surface area (Å²) >= 11 is 1.46. The average molecular weight is 266 g/mol. The van der Waals surface area contributed by atoms with Crippen LogP contribution in [0.15, 0.2) is 30.5 Å². The Kier molecular flexibility index (Phi) is 2.59. The van der Waals surface area contributed by atoms with Gasteiger partial charge in [-0.05, 0) is 12.5 Å². The van der Waals surface area contributed by atoms with Gasteiger partial charge in [0.05, 0.1) is 18.0 Å². The lowest BCUT2D eigenvalue weighted by Crippen LogP contribution is -2.56. The van der Waals surface area contributed by atoms with Crippen LogP contribution in [0, 0.1) is 6.92 Å². The number of rotatable bonds is 2. The number of hydrogen-bond acceptors (Lipinski definition) is 3. The van der Waals surface area contributed by atoms with Gasteiger partial charge in [0.15, 0.2) is 5.13 Å². The van der Waals surface area contributed by atoms with Crippen LogP contribution in [0.2, 0.25) is 0 Å². The number of thiazole rings is 1. The van der Waals surface area contributed by atoms with Gasteiger partial charge >= 0.3 is 0 Å². The van der Waals surface area contributed by atoms with Crippen molar-refractivity contribution in [3.05, 3.63) is 36.0 Å². The molecule has 1 saturated heterocycles. The van der Waals surface area contributed by atoms with Crippen LogP contribution in [0.5, 0.6) is 0 Å². The van der Waals surface area contributed by atoms with Gasteiger partial charge in [-0.15, -0.1) is 0 Å². The molecule has 0 spiro atoms. The Bertz CT molecular complexity index is 555. The van der Waals surface area contributed by atoms with Crippen molar-refractivity contribution < 1.29 is 8.78 Å². The van der Waals surface area contributed by atoms with Crippen molar-refractivity contribution in [1.82, 2.24) is 4.98 Å². The highest BCUT2D eigenvalue weighted by Crippen LogP contribution is 2.37. The van der Waals surface area contributed by atoms with Crippen molar-refractivity contribution in [2.45, 2.75) is 12.8 Å². The van der Waals surface area contributed by atoms with Gasteiger partial charge in [-0.25, -0.2) is 13.8 Å². The first-order chi connectivity index (χ1) is 8.53. The number of halogens is 2. The smallest absolute Gasteiger partial charge is 0.282 e. The maximum atomic E-state index is 12.8. The molecule has 94 valence electrons. The Morgan fingerprint density at radius 3 is 2.50 bits per heavy atom. The predicted octanol–water partition coefficient (Wildman–Crippen LogP) is 3.57. The number of anilines is 1. The first kappa shape index (κ1) is 11.6. The Morgan fingerprint density at radius 2 is 1.89 bits per heavy atom. The molecule has 3 rings (SSSR count). The first-order valence-electron chi connectivity index (χ1n) is 5.69. The van der Waals surface area contributed by atoms with Crippen LogP contribution in [0.25, 0.3) is 10.4 Å². The van der Waals surface area contributed by atoms with Crippen LogP contribution in [0.3, 0.4) is 0 Å². The van der Waals surface area contributed by atoms with Gasteiger partial charge < -0.3 is 4.90 Å². The predicted molar refractivity (Wildman–Crippen MR) is 69.4 cm³/mol. The average Bonchev–Trinajstić information content (AvgIpc) is 2.76. The zero-order chi connectivity index (χ0) is 12.8. The summed E-state index contributed by atoms with van der Waals surface area (Å²) in [5.74, 6) is -2.55. The molecule has 0 N–H and O–H groups in total. The monoisotopic (exact) mass is 266 g/mol. The molecule has 5 heteroatoms. The van der Waals surface area contributed by atoms with E-state index in [9.17, 15) is 8.78 Å². The van der Waals surface area contributed by atoms with E-state index in [-0.39, 0.29) is 13.1 Å². The molecule has 18 heavy (non-hydrogen) atoms. The number of aromatic nitrogens is 1. The zero-order valence-corrected chi connectivity index (χ0v) is 10.7. The largest absolute Gasteiger partial charge is 0.336 e. The molecule has 0 aliphatic carbocycles. The number of aryl methyl sites for hydroxylation is 1. The summed E-state index contributed by atoms with van der Waals surface area (Å²) in [6.07, 6.45) is 1.75. The summed E-state index contributed by atoms with van der Waals surface area (Å²) in [5.41, 5.74) is 2.28. The molecule has 1 aliphatic heterocycles. The molecule has 0 amide bonds. The Hall–Kier alpha value is -1.49. The van der Waals surface area contributed by atoms with Gasteiger partial charge in [-0.2, -0.15) is 0 Å². The Balaban J connectivity index is 1.80. The zero-order valence-electron chi connectivity index (χ0n) is 9.86. The normalized spacial score (nSPS) is 17.6. The van der Waals surface area contributed by atoms with Crippen molar-refractivity contribution in [2.75, 3.05) is 18.0 Å². The molecule has 1 aliphatic rings. The molecule has 1 aromatic carbocycles. The lowest BCUT2D eigenvalue weighted by molar-refractivity contribution is -0.0262. The third-order valence-electron chi connectivity index (χ3n) is 2.94. The van der Waals surface area contributed by atoms with E-state index >= 15 is 0 Å². The Labute approximate surface area is 108 Å². The molecule has 1 fully saturated rings. The van der Waals surface area contributed by atoms with Crippen molar-refractivity contribution in [3.8, 4) is 10.4 Å². The highest BCUT2D eigenvalue weighted by molar-refractivity contribution is 7.18. The van der Waals surface area contributed by atoms with Crippen LogP contribution < -0.4 is 4.90 Å². The quantitative estimate of drug-likeness (QED) is 0.826. The number of alkyl halides is 2. The van der Waals surface area contributed by atoms with Crippen molar-refractivity contribution >= 4 is 16.5 Å². The van der Waals surface area contributed by atoms with Crippen LogP contribution in [0.4, 0.5) is 13.9 Å². The lowest BCUT2D eigenvalue weighted by atomic mass is 10.1. The molecular formula is C13H12F2N2S. The minimum atomic E-state index is -2.55. The fourth-order valence-corrected chi connectivity index (χ4v) is 2.83. The molecule has 0 unspecified atom stereocenters. The highest BCUT2D eigenvalue weighted by Gasteiger charge is 2.45. The van der Waals surface area contributed by atoms with E-state index in [1.807, 2.05) is 31.2 Å². The van der Waals surface area contributed by atoms with Gasteiger partial charge in [0.1, 0.15) is 0 Å². The van der Waals surface area contributed by atoms with Crippen LogP contribution in [-0.2, 0) is 0 Å². The minimum Gasteiger partial charge on any atom is -0.336 e. The molecule has 0 atom stereocenters. The summed E-state index contributed by atoms with van der Waals surface area (Å²) in [6.45, 7) is 1.60. The number of benzene rings is 1. The van der Waals surface area contributed by atoms with Crippen LogP contribution in [0.1, 0.15) is 5.56 Å². The maximum Gasteiger partial charge on any atom is 0.282 e. The molecular weight excluding hydrogens is 254 g/mol. The Morgan fingerprint density at radius 1 is 1.22 bits per heavy atom. The number of hydrogen-bond donors (Lipinski definition) is 0. The molecule has 2 aromatic rings. The summed E-state index contributed by atoms with van der Waals surface area (Å²) in [7, 11) is 0. The van der Waals surface area contributed by atoms with E-state index in [1.54, 1.807) is 11.1 Å². The van der Waals surface area contributed by atoms with Gasteiger partial charge in [0.25, 0.3) is 5.92 Å². The summed E-state index contributed by atoms with van der Waals surface area (Å²) in [6, 6.07) is 8.12. The van der Waals surface area contributed by atoms with Gasteiger partial charge in [-0.1, -0.05) is 41.2 Å². The second-order valence-electron chi connectivity index (χ2n) is 4.59. The lowest BCUT2D eigenvalue weighted by Gasteiger charge is -2.38. The van der Waals surface area contributed by atoms with Gasteiger partial charge in [-0.3, -0.25) is 0 Å². The van der Waals surface area contributed by atoms with Gasteiger partial charge in [0.2, 0.25) is 0 Å². The minimum absolute atomic E-state index is 0.214. The maximum absolute atomic E-state index is 12.8. The van der Waals surface area contributed by atoms with Crippen molar-refractivity contribution in [2.24, 2.45) is 0 Å². The third kappa shape index (κ3) is 2.10. The van der Waals surface area contributed by atoms with E-state index in [0.29, 0.717) is 5.13 Å². The van der Waals surface area contributed by atoms with Gasteiger partial charge in [0, 0.05) is 6.20 Å². The molecule has 1 aromatic heterocycles. The summed E-state index contributed by atoms with van der Waals surface area (Å²) in [4.78, 5) is 6.84.